The van der Waals surface area contributed by atoms with E-state index in [1.54, 1.807) is 0 Å². The summed E-state index contributed by atoms with van der Waals surface area (Å²) in [7, 11) is 0. The largest absolute Gasteiger partial charge is 0.0622 e. The van der Waals surface area contributed by atoms with E-state index < -0.39 is 0 Å². The average Bonchev–Trinajstić information content (AvgIpc) is 3.01. The first-order chi connectivity index (χ1) is 19.7. The molecule has 0 fully saturated rings. The third-order valence-electron chi connectivity index (χ3n) is 8.12. The number of hydrogen-bond acceptors (Lipinski definition) is 0. The van der Waals surface area contributed by atoms with E-state index in [0.29, 0.717) is 0 Å². The van der Waals surface area contributed by atoms with Crippen LogP contribution >= 0.6 is 0 Å². The van der Waals surface area contributed by atoms with Gasteiger partial charge in [-0.1, -0.05) is 146 Å². The van der Waals surface area contributed by atoms with Crippen LogP contribution in [0.2, 0.25) is 0 Å². The van der Waals surface area contributed by atoms with Crippen LogP contribution in [0.15, 0.2) is 146 Å². The summed E-state index contributed by atoms with van der Waals surface area (Å²) < 4.78 is 0. The van der Waals surface area contributed by atoms with Crippen molar-refractivity contribution in [1.82, 2.24) is 0 Å². The summed E-state index contributed by atoms with van der Waals surface area (Å²) in [4.78, 5) is 0. The lowest BCUT2D eigenvalue weighted by molar-refractivity contribution is 1.46. The van der Waals surface area contributed by atoms with Crippen LogP contribution in [-0.4, -0.2) is 0 Å². The van der Waals surface area contributed by atoms with Gasteiger partial charge in [0.25, 0.3) is 0 Å². The molecule has 0 N–H and O–H groups in total. The van der Waals surface area contributed by atoms with E-state index in [1.165, 1.54) is 77.2 Å². The highest BCUT2D eigenvalue weighted by molar-refractivity contribution is 6.12. The van der Waals surface area contributed by atoms with Gasteiger partial charge in [-0.2, -0.15) is 0 Å². The van der Waals surface area contributed by atoms with Gasteiger partial charge < -0.3 is 0 Å². The molecule has 7 aromatic carbocycles. The Bertz CT molecular complexity index is 1850. The minimum absolute atomic E-state index is 1.25. The molecule has 0 saturated carbocycles. The molecule has 0 unspecified atom stereocenters. The highest BCUT2D eigenvalue weighted by atomic mass is 14.2. The van der Waals surface area contributed by atoms with Gasteiger partial charge in [0, 0.05) is 0 Å². The number of benzene rings is 7. The molecular weight excluding hydrogens is 480 g/mol. The highest BCUT2D eigenvalue weighted by Crippen LogP contribution is 2.45. The molecule has 190 valence electrons. The molecule has 0 bridgehead atoms. The number of rotatable bonds is 4. The molecule has 0 saturated heterocycles. The second kappa shape index (κ2) is 9.98. The van der Waals surface area contributed by atoms with Crippen molar-refractivity contribution >= 4 is 21.5 Å². The van der Waals surface area contributed by atoms with Crippen molar-refractivity contribution in [1.29, 1.82) is 0 Å². The summed E-state index contributed by atoms with van der Waals surface area (Å²) >= 11 is 0. The quantitative estimate of drug-likeness (QED) is 0.221. The van der Waals surface area contributed by atoms with Crippen LogP contribution in [0.25, 0.3) is 66.1 Å². The van der Waals surface area contributed by atoms with Crippen molar-refractivity contribution in [3.05, 3.63) is 157 Å². The second-order valence-corrected chi connectivity index (χ2v) is 10.6. The molecule has 0 heterocycles. The summed E-state index contributed by atoms with van der Waals surface area (Å²) in [6.45, 7) is 4.52. The SMILES string of the molecule is Cc1cc(-c2ccccc2)c2ccccc2c1-c1ccccc1-c1c(C)cc(-c2ccccc2)c2ccccc12. The van der Waals surface area contributed by atoms with Gasteiger partial charge in [0.15, 0.2) is 0 Å². The van der Waals surface area contributed by atoms with Crippen LogP contribution in [0.3, 0.4) is 0 Å². The zero-order chi connectivity index (χ0) is 27.1. The fourth-order valence-electron chi connectivity index (χ4n) is 6.38. The molecule has 0 amide bonds. The Balaban J connectivity index is 1.52. The molecule has 7 aromatic rings. The van der Waals surface area contributed by atoms with Gasteiger partial charge in [-0.15, -0.1) is 0 Å². The zero-order valence-electron chi connectivity index (χ0n) is 22.9. The Morgan fingerprint density at radius 2 is 0.625 bits per heavy atom. The van der Waals surface area contributed by atoms with Gasteiger partial charge in [0.1, 0.15) is 0 Å². The predicted octanol–water partition coefficient (Wildman–Crippen LogP) is 11.3. The normalized spacial score (nSPS) is 11.2. The zero-order valence-corrected chi connectivity index (χ0v) is 22.9. The molecule has 7 rings (SSSR count). The van der Waals surface area contributed by atoms with E-state index in [9.17, 15) is 0 Å². The van der Waals surface area contributed by atoms with E-state index in [-0.39, 0.29) is 0 Å². The monoisotopic (exact) mass is 510 g/mol. The van der Waals surface area contributed by atoms with E-state index in [1.807, 2.05) is 0 Å². The molecule has 0 aliphatic heterocycles. The van der Waals surface area contributed by atoms with Crippen LogP contribution < -0.4 is 0 Å². The molecule has 0 aliphatic rings. The molecule has 0 heteroatoms. The van der Waals surface area contributed by atoms with Crippen molar-refractivity contribution in [2.45, 2.75) is 13.8 Å². The Hall–Kier alpha value is -4.94. The average molecular weight is 511 g/mol. The summed E-state index contributed by atoms with van der Waals surface area (Å²) in [6.07, 6.45) is 0. The van der Waals surface area contributed by atoms with Crippen molar-refractivity contribution in [3.63, 3.8) is 0 Å². The maximum absolute atomic E-state index is 2.37. The van der Waals surface area contributed by atoms with Crippen LogP contribution in [0, 0.1) is 13.8 Å². The molecule has 0 aliphatic carbocycles. The summed E-state index contributed by atoms with van der Waals surface area (Å²) in [5.74, 6) is 0. The lowest BCUT2D eigenvalue weighted by Gasteiger charge is -2.21. The minimum atomic E-state index is 1.25. The van der Waals surface area contributed by atoms with Gasteiger partial charge in [0.05, 0.1) is 0 Å². The van der Waals surface area contributed by atoms with E-state index in [2.05, 4.69) is 159 Å². The van der Waals surface area contributed by atoms with E-state index >= 15 is 0 Å². The maximum atomic E-state index is 2.37. The van der Waals surface area contributed by atoms with Gasteiger partial charge in [-0.3, -0.25) is 0 Å². The molecule has 0 atom stereocenters. The Labute approximate surface area is 236 Å². The summed E-state index contributed by atoms with van der Waals surface area (Å²) in [5.41, 5.74) is 12.8. The molecule has 0 spiro atoms. The summed E-state index contributed by atoms with van der Waals surface area (Å²) in [6, 6.07) is 52.9. The first-order valence-electron chi connectivity index (χ1n) is 14.0. The Morgan fingerprint density at radius 1 is 0.300 bits per heavy atom. The predicted molar refractivity (Wildman–Crippen MR) is 173 cm³/mol. The molecule has 0 nitrogen and oxygen atoms in total. The van der Waals surface area contributed by atoms with Gasteiger partial charge in [0.2, 0.25) is 0 Å². The smallest absolute Gasteiger partial charge is 0.00694 e. The maximum Gasteiger partial charge on any atom is -0.00694 e. The van der Waals surface area contributed by atoms with Crippen molar-refractivity contribution in [2.24, 2.45) is 0 Å². The standard InChI is InChI=1S/C40H30/c1-27-25-37(29-15-5-3-6-16-29)31-19-9-11-21-33(31)39(27)35-23-13-14-24-36(35)40-28(2)26-38(30-17-7-4-8-18-30)32-20-10-12-22-34(32)40/h3-26H,1-2H3. The number of aryl methyl sites for hydroxylation is 2. The lowest BCUT2D eigenvalue weighted by atomic mass is 9.83. The Kier molecular flexibility index (Phi) is 6.02. The van der Waals surface area contributed by atoms with Crippen molar-refractivity contribution in [3.8, 4) is 44.5 Å². The van der Waals surface area contributed by atoms with Crippen molar-refractivity contribution < 1.29 is 0 Å². The first-order valence-corrected chi connectivity index (χ1v) is 14.0. The molecular formula is C40H30. The fourth-order valence-corrected chi connectivity index (χ4v) is 6.38. The van der Waals surface area contributed by atoms with Crippen molar-refractivity contribution in [2.75, 3.05) is 0 Å². The number of hydrogen-bond donors (Lipinski definition) is 0. The van der Waals surface area contributed by atoms with E-state index in [0.717, 1.165) is 0 Å². The van der Waals surface area contributed by atoms with Crippen LogP contribution in [0.4, 0.5) is 0 Å². The van der Waals surface area contributed by atoms with Gasteiger partial charge in [-0.25, -0.2) is 0 Å². The first kappa shape index (κ1) is 24.1. The molecule has 40 heavy (non-hydrogen) atoms. The topological polar surface area (TPSA) is 0 Å². The lowest BCUT2D eigenvalue weighted by Crippen LogP contribution is -1.95. The van der Waals surface area contributed by atoms with Gasteiger partial charge >= 0.3 is 0 Å². The van der Waals surface area contributed by atoms with Gasteiger partial charge in [-0.05, 0) is 91.0 Å². The third-order valence-corrected chi connectivity index (χ3v) is 8.12. The van der Waals surface area contributed by atoms with E-state index in [4.69, 9.17) is 0 Å². The van der Waals surface area contributed by atoms with Crippen LogP contribution in [0.5, 0.6) is 0 Å². The summed E-state index contributed by atoms with van der Waals surface area (Å²) in [5, 5.41) is 5.14. The minimum Gasteiger partial charge on any atom is -0.0622 e. The second-order valence-electron chi connectivity index (χ2n) is 10.6. The number of fused-ring (bicyclic) bond motifs is 2. The molecule has 0 aromatic heterocycles. The highest BCUT2D eigenvalue weighted by Gasteiger charge is 2.19. The third kappa shape index (κ3) is 4.01. The van der Waals surface area contributed by atoms with Crippen LogP contribution in [-0.2, 0) is 0 Å². The van der Waals surface area contributed by atoms with Crippen LogP contribution in [0.1, 0.15) is 11.1 Å². The fraction of sp³-hybridized carbons (Fsp3) is 0.0500. The molecule has 0 radical (unpaired) electrons. The Morgan fingerprint density at radius 3 is 1.02 bits per heavy atom.